The molecule has 0 aliphatic heterocycles. The third kappa shape index (κ3) is 5.50. The van der Waals surface area contributed by atoms with Gasteiger partial charge >= 0.3 is 36.0 Å². The number of benzene rings is 2. The molecule has 0 bridgehead atoms. The van der Waals surface area contributed by atoms with Crippen molar-refractivity contribution in [1.29, 1.82) is 0 Å². The second-order valence-electron chi connectivity index (χ2n) is 8.16. The van der Waals surface area contributed by atoms with Gasteiger partial charge in [-0.15, -0.1) is 0 Å². The molecule has 0 aromatic heterocycles. The summed E-state index contributed by atoms with van der Waals surface area (Å²) in [5, 5.41) is 11.4. The summed E-state index contributed by atoms with van der Waals surface area (Å²) in [5.74, 6) is -30.0. The van der Waals surface area contributed by atoms with Crippen molar-refractivity contribution in [2.75, 3.05) is 0 Å². The second-order valence-corrected chi connectivity index (χ2v) is 8.16. The molecule has 0 saturated heterocycles. The highest BCUT2D eigenvalue weighted by atomic mass is 19.4. The molecule has 15 heteroatoms. The van der Waals surface area contributed by atoms with E-state index in [9.17, 15) is 66.6 Å². The lowest BCUT2D eigenvalue weighted by Gasteiger charge is -2.42. The average Bonchev–Trinajstić information content (AvgIpc) is 2.77. The first-order valence-corrected chi connectivity index (χ1v) is 10.0. The fourth-order valence-electron chi connectivity index (χ4n) is 3.68. The Balaban J connectivity index is 2.82. The molecule has 1 N–H and O–H groups in total. The summed E-state index contributed by atoms with van der Waals surface area (Å²) in [6, 6.07) is 9.78. The molecule has 0 heterocycles. The van der Waals surface area contributed by atoms with Crippen LogP contribution in [0.25, 0.3) is 0 Å². The molecule has 0 fully saturated rings. The Hall–Kier alpha value is -2.58. The first-order valence-electron chi connectivity index (χ1n) is 10.0. The van der Waals surface area contributed by atoms with Gasteiger partial charge in [-0.3, -0.25) is 0 Å². The SMILES string of the molecule is OC(c1ccccc1)(c1ccccc1)C(CC(F)(F)C(F)(F)C(F)(F)F)CC(F)(F)C(F)(F)C(F)(F)F. The van der Waals surface area contributed by atoms with E-state index < -0.39 is 71.5 Å². The molecular weight excluding hydrogens is 546 g/mol. The van der Waals surface area contributed by atoms with Gasteiger partial charge < -0.3 is 5.11 Å². The normalized spacial score (nSPS) is 14.8. The standard InChI is InChI=1S/C22H16F14O/c23-16(24,19(27,28)21(31,32)33)11-15(12-17(25,26)20(29,30)22(34,35)36)18(37,13-7-3-1-4-8-13)14-9-5-2-6-10-14/h1-10,15,37H,11-12H2. The van der Waals surface area contributed by atoms with Crippen LogP contribution in [0.4, 0.5) is 61.5 Å². The number of alkyl halides is 14. The number of rotatable bonds is 9. The van der Waals surface area contributed by atoms with Crippen LogP contribution in [0.3, 0.4) is 0 Å². The molecule has 1 nitrogen and oxygen atoms in total. The van der Waals surface area contributed by atoms with Gasteiger partial charge in [-0.25, -0.2) is 0 Å². The summed E-state index contributed by atoms with van der Waals surface area (Å²) < 4.78 is 188. The largest absolute Gasteiger partial charge is 0.459 e. The van der Waals surface area contributed by atoms with E-state index in [0.29, 0.717) is 0 Å². The molecule has 0 aliphatic rings. The minimum absolute atomic E-state index is 0.733. The van der Waals surface area contributed by atoms with Crippen LogP contribution >= 0.6 is 0 Å². The third-order valence-corrected chi connectivity index (χ3v) is 5.65. The van der Waals surface area contributed by atoms with Crippen LogP contribution in [0, 0.1) is 5.92 Å². The van der Waals surface area contributed by atoms with E-state index in [1.54, 1.807) is 0 Å². The maximum Gasteiger partial charge on any atom is 0.459 e. The minimum Gasteiger partial charge on any atom is -0.380 e. The van der Waals surface area contributed by atoms with E-state index in [-0.39, 0.29) is 0 Å². The van der Waals surface area contributed by atoms with Crippen LogP contribution in [0.5, 0.6) is 0 Å². The van der Waals surface area contributed by atoms with E-state index in [4.69, 9.17) is 0 Å². The topological polar surface area (TPSA) is 20.2 Å². The maximum absolute atomic E-state index is 14.4. The smallest absolute Gasteiger partial charge is 0.380 e. The zero-order valence-corrected chi connectivity index (χ0v) is 18.0. The Bertz CT molecular complexity index is 949. The molecule has 0 amide bonds. The van der Waals surface area contributed by atoms with Crippen molar-refractivity contribution in [3.63, 3.8) is 0 Å². The fraction of sp³-hybridized carbons (Fsp3) is 0.455. The minimum atomic E-state index is -6.98. The van der Waals surface area contributed by atoms with E-state index >= 15 is 0 Å². The third-order valence-electron chi connectivity index (χ3n) is 5.65. The van der Waals surface area contributed by atoms with Gasteiger partial charge in [0.2, 0.25) is 0 Å². The lowest BCUT2D eigenvalue weighted by molar-refractivity contribution is -0.368. The average molecular weight is 562 g/mol. The number of halogens is 14. The van der Waals surface area contributed by atoms with Gasteiger partial charge in [0, 0.05) is 18.8 Å². The van der Waals surface area contributed by atoms with Crippen LogP contribution in [-0.2, 0) is 5.60 Å². The number of aliphatic hydroxyl groups is 1. The number of hydrogen-bond donors (Lipinski definition) is 1. The Morgan fingerprint density at radius 1 is 0.486 bits per heavy atom. The van der Waals surface area contributed by atoms with Crippen molar-refractivity contribution in [1.82, 2.24) is 0 Å². The first-order chi connectivity index (χ1) is 16.5. The zero-order chi connectivity index (χ0) is 28.7. The van der Waals surface area contributed by atoms with Crippen LogP contribution in [0.15, 0.2) is 60.7 Å². The summed E-state index contributed by atoms with van der Waals surface area (Å²) >= 11 is 0. The van der Waals surface area contributed by atoms with Crippen LogP contribution in [-0.4, -0.2) is 41.1 Å². The highest BCUT2D eigenvalue weighted by Crippen LogP contribution is 2.56. The predicted octanol–water partition coefficient (Wildman–Crippen LogP) is 7.98. The van der Waals surface area contributed by atoms with Crippen molar-refractivity contribution >= 4 is 0 Å². The Labute approximate surface area is 199 Å². The van der Waals surface area contributed by atoms with Crippen LogP contribution < -0.4 is 0 Å². The van der Waals surface area contributed by atoms with Crippen LogP contribution in [0.1, 0.15) is 24.0 Å². The highest BCUT2D eigenvalue weighted by Gasteiger charge is 2.76. The van der Waals surface area contributed by atoms with Gasteiger partial charge in [0.15, 0.2) is 0 Å². The summed E-state index contributed by atoms with van der Waals surface area (Å²) in [7, 11) is 0. The van der Waals surface area contributed by atoms with Crippen molar-refractivity contribution < 1.29 is 66.6 Å². The Morgan fingerprint density at radius 3 is 1.00 bits per heavy atom. The van der Waals surface area contributed by atoms with E-state index in [0.717, 1.165) is 48.5 Å². The summed E-state index contributed by atoms with van der Waals surface area (Å²) in [6.45, 7) is 0. The second kappa shape index (κ2) is 9.62. The molecule has 0 radical (unpaired) electrons. The predicted molar refractivity (Wildman–Crippen MR) is 101 cm³/mol. The molecule has 2 aromatic carbocycles. The molecular formula is C22H16F14O. The zero-order valence-electron chi connectivity index (χ0n) is 18.0. The van der Waals surface area contributed by atoms with Gasteiger partial charge in [-0.2, -0.15) is 61.5 Å². The van der Waals surface area contributed by atoms with Gasteiger partial charge in [0.1, 0.15) is 5.60 Å². The monoisotopic (exact) mass is 562 g/mol. The lowest BCUT2D eigenvalue weighted by atomic mass is 9.70. The molecule has 2 rings (SSSR count). The summed E-state index contributed by atoms with van der Waals surface area (Å²) in [4.78, 5) is 0. The lowest BCUT2D eigenvalue weighted by Crippen LogP contribution is -2.57. The number of hydrogen-bond acceptors (Lipinski definition) is 1. The van der Waals surface area contributed by atoms with Crippen LogP contribution in [0.2, 0.25) is 0 Å². The molecule has 0 atom stereocenters. The van der Waals surface area contributed by atoms with E-state index in [2.05, 4.69) is 0 Å². The van der Waals surface area contributed by atoms with Gasteiger partial charge in [-0.05, 0) is 11.1 Å². The molecule has 0 aliphatic carbocycles. The molecule has 0 unspecified atom stereocenters. The Kier molecular flexibility index (Phi) is 7.97. The molecule has 0 spiro atoms. The Morgan fingerprint density at radius 2 is 0.757 bits per heavy atom. The molecule has 2 aromatic rings. The van der Waals surface area contributed by atoms with Gasteiger partial charge in [0.25, 0.3) is 0 Å². The van der Waals surface area contributed by atoms with E-state index in [1.807, 2.05) is 0 Å². The first kappa shape index (κ1) is 30.6. The van der Waals surface area contributed by atoms with E-state index in [1.165, 1.54) is 12.1 Å². The summed E-state index contributed by atoms with van der Waals surface area (Å²) in [5.41, 5.74) is -4.93. The fourth-order valence-corrected chi connectivity index (χ4v) is 3.68. The summed E-state index contributed by atoms with van der Waals surface area (Å²) in [6.07, 6.45) is -20.1. The van der Waals surface area contributed by atoms with Gasteiger partial charge in [-0.1, -0.05) is 60.7 Å². The quantitative estimate of drug-likeness (QED) is 0.308. The van der Waals surface area contributed by atoms with Crippen molar-refractivity contribution in [2.45, 2.75) is 54.5 Å². The molecule has 208 valence electrons. The molecule has 37 heavy (non-hydrogen) atoms. The maximum atomic E-state index is 14.4. The van der Waals surface area contributed by atoms with Gasteiger partial charge in [0.05, 0.1) is 0 Å². The van der Waals surface area contributed by atoms with Crippen molar-refractivity contribution in [2.24, 2.45) is 5.92 Å². The molecule has 0 saturated carbocycles. The van der Waals surface area contributed by atoms with Crippen molar-refractivity contribution in [3.8, 4) is 0 Å². The highest BCUT2D eigenvalue weighted by molar-refractivity contribution is 5.37. The van der Waals surface area contributed by atoms with Crippen molar-refractivity contribution in [3.05, 3.63) is 71.8 Å².